The van der Waals surface area contributed by atoms with Crippen LogP contribution >= 0.6 is 11.6 Å². The van der Waals surface area contributed by atoms with E-state index in [1.54, 1.807) is 6.07 Å². The Bertz CT molecular complexity index is 548. The van der Waals surface area contributed by atoms with E-state index in [0.717, 1.165) is 0 Å². The van der Waals surface area contributed by atoms with Gasteiger partial charge in [-0.15, -0.1) is 19.3 Å². The van der Waals surface area contributed by atoms with Gasteiger partial charge in [-0.25, -0.2) is 0 Å². The van der Waals surface area contributed by atoms with Crippen LogP contribution in [0.2, 0.25) is 0 Å². The predicted octanol–water partition coefficient (Wildman–Crippen LogP) is 2.01. The standard InChI is InChI=1S/C13H5ClO/c1-4-9-7-10(5-2)11(6-3)12(8-9)13(14)15/h1-3,7-8H. The summed E-state index contributed by atoms with van der Waals surface area (Å²) < 4.78 is 0. The van der Waals surface area contributed by atoms with Crippen molar-refractivity contribution in [3.8, 4) is 37.0 Å². The lowest BCUT2D eigenvalue weighted by atomic mass is 9.99. The van der Waals surface area contributed by atoms with E-state index in [1.807, 2.05) is 0 Å². The maximum absolute atomic E-state index is 11.1. The van der Waals surface area contributed by atoms with E-state index < -0.39 is 5.24 Å². The monoisotopic (exact) mass is 212 g/mol. The van der Waals surface area contributed by atoms with Gasteiger partial charge in [0.25, 0.3) is 5.24 Å². The zero-order valence-corrected chi connectivity index (χ0v) is 8.43. The second kappa shape index (κ2) is 4.39. The quantitative estimate of drug-likeness (QED) is 0.514. The summed E-state index contributed by atoms with van der Waals surface area (Å²) in [6.07, 6.45) is 15.7. The van der Waals surface area contributed by atoms with Crippen molar-refractivity contribution < 1.29 is 4.79 Å². The van der Waals surface area contributed by atoms with Gasteiger partial charge >= 0.3 is 0 Å². The zero-order chi connectivity index (χ0) is 11.4. The van der Waals surface area contributed by atoms with Crippen LogP contribution in [0.5, 0.6) is 0 Å². The van der Waals surface area contributed by atoms with Crippen LogP contribution in [0.15, 0.2) is 12.1 Å². The molecule has 0 fully saturated rings. The molecule has 2 heteroatoms. The molecule has 0 aliphatic rings. The number of benzene rings is 1. The predicted molar refractivity (Wildman–Crippen MR) is 60.4 cm³/mol. The second-order valence-corrected chi connectivity index (χ2v) is 3.00. The van der Waals surface area contributed by atoms with Crippen molar-refractivity contribution in [3.63, 3.8) is 0 Å². The average molecular weight is 213 g/mol. The zero-order valence-electron chi connectivity index (χ0n) is 7.67. The summed E-state index contributed by atoms with van der Waals surface area (Å²) in [4.78, 5) is 11.1. The Balaban J connectivity index is 3.66. The van der Waals surface area contributed by atoms with Crippen molar-refractivity contribution in [2.24, 2.45) is 0 Å². The van der Waals surface area contributed by atoms with E-state index >= 15 is 0 Å². The maximum Gasteiger partial charge on any atom is 0.253 e. The van der Waals surface area contributed by atoms with Crippen LogP contribution < -0.4 is 0 Å². The summed E-state index contributed by atoms with van der Waals surface area (Å²) in [5.41, 5.74) is 1.35. The highest BCUT2D eigenvalue weighted by molar-refractivity contribution is 6.68. The van der Waals surface area contributed by atoms with Crippen molar-refractivity contribution in [2.75, 3.05) is 0 Å². The average Bonchev–Trinajstić information content (AvgIpc) is 2.26. The van der Waals surface area contributed by atoms with Crippen LogP contribution in [0.25, 0.3) is 0 Å². The van der Waals surface area contributed by atoms with Gasteiger partial charge in [0, 0.05) is 11.1 Å². The molecule has 0 N–H and O–H groups in total. The van der Waals surface area contributed by atoms with Gasteiger partial charge in [-0.3, -0.25) is 4.79 Å². The Morgan fingerprint density at radius 1 is 1.13 bits per heavy atom. The minimum atomic E-state index is -0.670. The summed E-state index contributed by atoms with van der Waals surface area (Å²) in [6, 6.07) is 3.02. The lowest BCUT2D eigenvalue weighted by Gasteiger charge is -2.03. The fourth-order valence-electron chi connectivity index (χ4n) is 1.15. The van der Waals surface area contributed by atoms with Gasteiger partial charge in [-0.1, -0.05) is 17.8 Å². The molecule has 0 atom stereocenters. The van der Waals surface area contributed by atoms with Gasteiger partial charge < -0.3 is 0 Å². The molecule has 0 heterocycles. The first-order valence-electron chi connectivity index (χ1n) is 3.91. The van der Waals surface area contributed by atoms with Crippen LogP contribution in [0.1, 0.15) is 27.0 Å². The Morgan fingerprint density at radius 2 is 1.80 bits per heavy atom. The van der Waals surface area contributed by atoms with Gasteiger partial charge in [0.15, 0.2) is 0 Å². The fraction of sp³-hybridized carbons (Fsp3) is 0. The largest absolute Gasteiger partial charge is 0.276 e. The minimum absolute atomic E-state index is 0.169. The Morgan fingerprint density at radius 3 is 2.20 bits per heavy atom. The highest BCUT2D eigenvalue weighted by atomic mass is 35.5. The van der Waals surface area contributed by atoms with Crippen molar-refractivity contribution in [2.45, 2.75) is 0 Å². The molecule has 0 aromatic heterocycles. The summed E-state index contributed by atoms with van der Waals surface area (Å²) >= 11 is 5.37. The van der Waals surface area contributed by atoms with Gasteiger partial charge in [0.1, 0.15) is 0 Å². The molecular formula is C13H5ClO. The van der Waals surface area contributed by atoms with Gasteiger partial charge in [0.05, 0.1) is 11.1 Å². The number of carbonyl (C=O) groups excluding carboxylic acids is 1. The van der Waals surface area contributed by atoms with Crippen LogP contribution in [-0.2, 0) is 0 Å². The first-order valence-corrected chi connectivity index (χ1v) is 4.29. The third-order valence-electron chi connectivity index (χ3n) is 1.82. The second-order valence-electron chi connectivity index (χ2n) is 2.65. The van der Waals surface area contributed by atoms with Crippen molar-refractivity contribution in [1.82, 2.24) is 0 Å². The van der Waals surface area contributed by atoms with Crippen molar-refractivity contribution in [1.29, 1.82) is 0 Å². The van der Waals surface area contributed by atoms with E-state index in [1.165, 1.54) is 6.07 Å². The van der Waals surface area contributed by atoms with Crippen molar-refractivity contribution in [3.05, 3.63) is 34.4 Å². The number of hydrogen-bond donors (Lipinski definition) is 0. The molecule has 1 rings (SSSR count). The summed E-state index contributed by atoms with van der Waals surface area (Å²) in [5, 5.41) is -0.670. The Kier molecular flexibility index (Phi) is 3.20. The Hall–Kier alpha value is -2.14. The number of carbonyl (C=O) groups is 1. The van der Waals surface area contributed by atoms with Crippen LogP contribution in [0.3, 0.4) is 0 Å². The fourth-order valence-corrected chi connectivity index (χ4v) is 1.30. The molecule has 70 valence electrons. The topological polar surface area (TPSA) is 17.1 Å². The summed E-state index contributed by atoms with van der Waals surface area (Å²) in [6.45, 7) is 0. The lowest BCUT2D eigenvalue weighted by Crippen LogP contribution is -1.99. The molecule has 0 aliphatic heterocycles. The van der Waals surface area contributed by atoms with E-state index in [0.29, 0.717) is 16.7 Å². The molecule has 0 saturated heterocycles. The van der Waals surface area contributed by atoms with E-state index in [-0.39, 0.29) is 5.56 Å². The highest BCUT2D eigenvalue weighted by Gasteiger charge is 2.12. The molecule has 0 aliphatic carbocycles. The number of terminal acetylenes is 3. The molecule has 0 radical (unpaired) electrons. The minimum Gasteiger partial charge on any atom is -0.276 e. The third kappa shape index (κ3) is 2.03. The number of halogens is 1. The molecule has 0 spiro atoms. The Labute approximate surface area is 93.4 Å². The molecule has 1 aromatic carbocycles. The molecule has 0 saturated carbocycles. The molecule has 1 nitrogen and oxygen atoms in total. The van der Waals surface area contributed by atoms with Crippen LogP contribution in [0, 0.1) is 37.0 Å². The summed E-state index contributed by atoms with van der Waals surface area (Å²) in [5.74, 6) is 7.07. The first-order chi connectivity index (χ1) is 7.13. The van der Waals surface area contributed by atoms with E-state index in [4.69, 9.17) is 30.9 Å². The lowest BCUT2D eigenvalue weighted by molar-refractivity contribution is 0.108. The SMILES string of the molecule is C#Cc1cc(C#C)c(C#C)c(C(=O)Cl)c1. The first kappa shape index (κ1) is 10.9. The van der Waals surface area contributed by atoms with Gasteiger partial charge in [-0.05, 0) is 23.7 Å². The van der Waals surface area contributed by atoms with Gasteiger partial charge in [-0.2, -0.15) is 0 Å². The molecule has 0 bridgehead atoms. The molecule has 1 aromatic rings. The third-order valence-corrected chi connectivity index (χ3v) is 2.02. The van der Waals surface area contributed by atoms with E-state index in [2.05, 4.69) is 17.8 Å². The molecular weight excluding hydrogens is 208 g/mol. The maximum atomic E-state index is 11.1. The number of hydrogen-bond acceptors (Lipinski definition) is 1. The van der Waals surface area contributed by atoms with E-state index in [9.17, 15) is 4.79 Å². The van der Waals surface area contributed by atoms with Crippen molar-refractivity contribution >= 4 is 16.8 Å². The van der Waals surface area contributed by atoms with Gasteiger partial charge in [0.2, 0.25) is 0 Å². The van der Waals surface area contributed by atoms with Crippen LogP contribution in [0.4, 0.5) is 0 Å². The number of rotatable bonds is 1. The van der Waals surface area contributed by atoms with Crippen LogP contribution in [-0.4, -0.2) is 5.24 Å². The normalized spacial score (nSPS) is 8.40. The molecule has 0 amide bonds. The summed E-state index contributed by atoms with van der Waals surface area (Å²) in [7, 11) is 0. The smallest absolute Gasteiger partial charge is 0.253 e. The molecule has 15 heavy (non-hydrogen) atoms. The highest BCUT2D eigenvalue weighted by Crippen LogP contribution is 2.18. The molecule has 0 unspecified atom stereocenters.